The van der Waals surface area contributed by atoms with Crippen LogP contribution in [0.5, 0.6) is 0 Å². The number of furan rings is 1. The van der Waals surface area contributed by atoms with Crippen LogP contribution in [0, 0.1) is 5.92 Å². The van der Waals surface area contributed by atoms with Crippen molar-refractivity contribution >= 4 is 46.2 Å². The van der Waals surface area contributed by atoms with Gasteiger partial charge in [0.2, 0.25) is 5.91 Å². The largest absolute Gasteiger partial charge is 0.467 e. The summed E-state index contributed by atoms with van der Waals surface area (Å²) in [4.78, 5) is 41.5. The molecule has 1 aromatic carbocycles. The van der Waals surface area contributed by atoms with E-state index in [-0.39, 0.29) is 23.8 Å². The van der Waals surface area contributed by atoms with Crippen LogP contribution in [0.4, 0.5) is 4.79 Å². The van der Waals surface area contributed by atoms with Crippen molar-refractivity contribution in [3.8, 4) is 0 Å². The normalized spacial score (nSPS) is 11.1. The average Bonchev–Trinajstić information content (AvgIpc) is 3.21. The second-order valence-electron chi connectivity index (χ2n) is 6.96. The van der Waals surface area contributed by atoms with Crippen molar-refractivity contribution in [1.82, 2.24) is 20.2 Å². The molecule has 3 rings (SSSR count). The highest BCUT2D eigenvalue weighted by molar-refractivity contribution is 7.99. The van der Waals surface area contributed by atoms with Gasteiger partial charge in [0.1, 0.15) is 5.76 Å². The zero-order valence-electron chi connectivity index (χ0n) is 16.5. The molecule has 0 atom stereocenters. The maximum atomic E-state index is 12.9. The molecular formula is C20H21ClN4O4S. The van der Waals surface area contributed by atoms with Gasteiger partial charge in [0.25, 0.3) is 5.56 Å². The lowest BCUT2D eigenvalue weighted by Gasteiger charge is -2.15. The predicted octanol–water partition coefficient (Wildman–Crippen LogP) is 3.42. The minimum Gasteiger partial charge on any atom is -0.467 e. The zero-order valence-corrected chi connectivity index (χ0v) is 18.0. The van der Waals surface area contributed by atoms with Crippen molar-refractivity contribution in [1.29, 1.82) is 0 Å². The molecule has 3 aromatic rings. The number of imide groups is 1. The molecule has 0 bridgehead atoms. The second-order valence-corrected chi connectivity index (χ2v) is 8.34. The number of benzene rings is 1. The molecule has 8 nitrogen and oxygen atoms in total. The van der Waals surface area contributed by atoms with E-state index in [2.05, 4.69) is 15.6 Å². The lowest BCUT2D eigenvalue weighted by atomic mass is 10.2. The van der Waals surface area contributed by atoms with Gasteiger partial charge in [0, 0.05) is 11.6 Å². The Balaban J connectivity index is 1.69. The number of aromatic nitrogens is 2. The van der Waals surface area contributed by atoms with Crippen molar-refractivity contribution in [3.63, 3.8) is 0 Å². The van der Waals surface area contributed by atoms with E-state index in [0.717, 1.165) is 11.8 Å². The summed E-state index contributed by atoms with van der Waals surface area (Å²) in [5.74, 6) is 0.197. The number of fused-ring (bicyclic) bond motifs is 1. The molecule has 2 heterocycles. The molecule has 0 aliphatic carbocycles. The number of urea groups is 1. The molecule has 10 heteroatoms. The van der Waals surface area contributed by atoms with Crippen molar-refractivity contribution in [2.24, 2.45) is 5.92 Å². The number of halogens is 1. The monoisotopic (exact) mass is 448 g/mol. The molecule has 0 fully saturated rings. The third-order valence-corrected chi connectivity index (χ3v) is 5.23. The Bertz CT molecular complexity index is 1110. The third-order valence-electron chi connectivity index (χ3n) is 4.02. The first-order valence-corrected chi connectivity index (χ1v) is 10.6. The number of thioether (sulfide) groups is 1. The average molecular weight is 449 g/mol. The summed E-state index contributed by atoms with van der Waals surface area (Å²) < 4.78 is 6.65. The molecule has 30 heavy (non-hydrogen) atoms. The number of hydrogen-bond donors (Lipinski definition) is 2. The molecule has 0 radical (unpaired) electrons. The van der Waals surface area contributed by atoms with Gasteiger partial charge in [-0.2, -0.15) is 0 Å². The number of carbonyl (C=O) groups excluding carboxylic acids is 2. The summed E-state index contributed by atoms with van der Waals surface area (Å²) in [6.45, 7) is 4.59. The lowest BCUT2D eigenvalue weighted by Crippen LogP contribution is -2.40. The number of rotatable bonds is 7. The van der Waals surface area contributed by atoms with E-state index in [1.54, 1.807) is 30.3 Å². The number of nitrogens with zero attached hydrogens (tertiary/aromatic N) is 2. The Morgan fingerprint density at radius 1 is 1.30 bits per heavy atom. The van der Waals surface area contributed by atoms with Gasteiger partial charge in [-0.15, -0.1) is 0 Å². The van der Waals surface area contributed by atoms with Crippen LogP contribution in [0.25, 0.3) is 10.9 Å². The van der Waals surface area contributed by atoms with Crippen LogP contribution in [0.1, 0.15) is 19.6 Å². The summed E-state index contributed by atoms with van der Waals surface area (Å²) in [7, 11) is 0. The van der Waals surface area contributed by atoms with Crippen LogP contribution in [-0.4, -0.2) is 27.2 Å². The van der Waals surface area contributed by atoms with Crippen molar-refractivity contribution in [2.75, 3.05) is 5.75 Å². The third kappa shape index (κ3) is 5.64. The zero-order chi connectivity index (χ0) is 21.7. The first-order chi connectivity index (χ1) is 14.3. The van der Waals surface area contributed by atoms with E-state index in [1.807, 2.05) is 13.8 Å². The van der Waals surface area contributed by atoms with Gasteiger partial charge < -0.3 is 9.73 Å². The van der Waals surface area contributed by atoms with Gasteiger partial charge in [0.15, 0.2) is 5.16 Å². The number of carbonyl (C=O) groups is 2. The Kier molecular flexibility index (Phi) is 7.17. The fourth-order valence-electron chi connectivity index (χ4n) is 2.73. The van der Waals surface area contributed by atoms with Crippen molar-refractivity contribution in [3.05, 3.63) is 57.7 Å². The van der Waals surface area contributed by atoms with E-state index in [9.17, 15) is 14.4 Å². The Labute approximate surface area is 182 Å². The standard InChI is InChI=1S/C20H21ClN4O4S/c1-12(2)10-25-18(27)15-8-13(21)5-6-16(15)23-20(25)30-11-17(26)24-19(28)22-9-14-4-3-7-29-14/h3-8,12H,9-11H2,1-2H3,(H2,22,24,26,28). The highest BCUT2D eigenvalue weighted by atomic mass is 35.5. The molecule has 0 aliphatic heterocycles. The summed E-state index contributed by atoms with van der Waals surface area (Å²) in [5, 5.41) is 6.07. The fraction of sp³-hybridized carbons (Fsp3) is 0.300. The molecule has 0 unspecified atom stereocenters. The quantitative estimate of drug-likeness (QED) is 0.423. The SMILES string of the molecule is CC(C)Cn1c(SCC(=O)NC(=O)NCc2ccco2)nc2ccc(Cl)cc2c1=O. The van der Waals surface area contributed by atoms with Crippen LogP contribution >= 0.6 is 23.4 Å². The van der Waals surface area contributed by atoms with Gasteiger partial charge in [-0.05, 0) is 36.2 Å². The molecule has 2 N–H and O–H groups in total. The molecule has 0 saturated carbocycles. The van der Waals surface area contributed by atoms with E-state index in [4.69, 9.17) is 16.0 Å². The van der Waals surface area contributed by atoms with E-state index < -0.39 is 11.9 Å². The first kappa shape index (κ1) is 21.9. The summed E-state index contributed by atoms with van der Waals surface area (Å²) in [6, 6.07) is 7.71. The predicted molar refractivity (Wildman–Crippen MR) is 116 cm³/mol. The Hall–Kier alpha value is -2.78. The number of amides is 3. The maximum absolute atomic E-state index is 12.9. The molecule has 158 valence electrons. The van der Waals surface area contributed by atoms with Crippen molar-refractivity contribution < 1.29 is 14.0 Å². The molecular weight excluding hydrogens is 428 g/mol. The van der Waals surface area contributed by atoms with Crippen LogP contribution < -0.4 is 16.2 Å². The van der Waals surface area contributed by atoms with E-state index in [1.165, 1.54) is 10.8 Å². The van der Waals surface area contributed by atoms with Gasteiger partial charge in [-0.3, -0.25) is 19.5 Å². The lowest BCUT2D eigenvalue weighted by molar-refractivity contribution is -0.117. The van der Waals surface area contributed by atoms with Gasteiger partial charge >= 0.3 is 6.03 Å². The topological polar surface area (TPSA) is 106 Å². The van der Waals surface area contributed by atoms with Crippen molar-refractivity contribution in [2.45, 2.75) is 32.1 Å². The highest BCUT2D eigenvalue weighted by Crippen LogP contribution is 2.21. The Morgan fingerprint density at radius 3 is 2.80 bits per heavy atom. The minimum absolute atomic E-state index is 0.0716. The summed E-state index contributed by atoms with van der Waals surface area (Å²) in [5.41, 5.74) is 0.291. The van der Waals surface area contributed by atoms with Gasteiger partial charge in [-0.1, -0.05) is 37.2 Å². The molecule has 0 aliphatic rings. The number of hydrogen-bond acceptors (Lipinski definition) is 6. The highest BCUT2D eigenvalue weighted by Gasteiger charge is 2.16. The second kappa shape index (κ2) is 9.82. The smallest absolute Gasteiger partial charge is 0.321 e. The number of nitrogens with one attached hydrogen (secondary N) is 2. The molecule has 0 saturated heterocycles. The molecule has 3 amide bonds. The van der Waals surface area contributed by atoms with Crippen LogP contribution in [0.3, 0.4) is 0 Å². The van der Waals surface area contributed by atoms with Crippen LogP contribution in [0.15, 0.2) is 51.0 Å². The van der Waals surface area contributed by atoms with Gasteiger partial charge in [-0.25, -0.2) is 9.78 Å². The van der Waals surface area contributed by atoms with Crippen LogP contribution in [0.2, 0.25) is 5.02 Å². The van der Waals surface area contributed by atoms with Crippen LogP contribution in [-0.2, 0) is 17.9 Å². The van der Waals surface area contributed by atoms with Gasteiger partial charge in [0.05, 0.1) is 29.5 Å². The molecule has 2 aromatic heterocycles. The van der Waals surface area contributed by atoms with E-state index >= 15 is 0 Å². The molecule has 0 spiro atoms. The first-order valence-electron chi connectivity index (χ1n) is 9.26. The Morgan fingerprint density at radius 2 is 2.10 bits per heavy atom. The summed E-state index contributed by atoms with van der Waals surface area (Å²) >= 11 is 7.12. The summed E-state index contributed by atoms with van der Waals surface area (Å²) in [6.07, 6.45) is 1.50. The van der Waals surface area contributed by atoms with E-state index in [0.29, 0.717) is 33.4 Å². The minimum atomic E-state index is -0.627. The maximum Gasteiger partial charge on any atom is 0.321 e. The fourth-order valence-corrected chi connectivity index (χ4v) is 3.71.